The zero-order valence-corrected chi connectivity index (χ0v) is 23.9. The van der Waals surface area contributed by atoms with Crippen LogP contribution in [0.25, 0.3) is 11.1 Å². The van der Waals surface area contributed by atoms with Crippen molar-refractivity contribution in [3.05, 3.63) is 96.6 Å². The second-order valence-corrected chi connectivity index (χ2v) is 10.2. The quantitative estimate of drug-likeness (QED) is 0.0737. The van der Waals surface area contributed by atoms with Gasteiger partial charge in [-0.25, -0.2) is 9.59 Å². The van der Waals surface area contributed by atoms with Crippen molar-refractivity contribution in [2.75, 3.05) is 13.2 Å². The monoisotopic (exact) mass is 542 g/mol. The van der Waals surface area contributed by atoms with Gasteiger partial charge in [-0.1, -0.05) is 76.3 Å². The first-order chi connectivity index (χ1) is 19.5. The van der Waals surface area contributed by atoms with Gasteiger partial charge in [-0.05, 0) is 84.8 Å². The van der Waals surface area contributed by atoms with Crippen LogP contribution in [0, 0.1) is 5.92 Å². The maximum absolute atomic E-state index is 12.6. The number of esters is 2. The van der Waals surface area contributed by atoms with E-state index in [1.807, 2.05) is 49.4 Å². The Kier molecular flexibility index (Phi) is 13.0. The van der Waals surface area contributed by atoms with E-state index in [-0.39, 0.29) is 5.97 Å². The van der Waals surface area contributed by atoms with E-state index in [4.69, 9.17) is 14.2 Å². The van der Waals surface area contributed by atoms with E-state index in [9.17, 15) is 9.59 Å². The van der Waals surface area contributed by atoms with E-state index < -0.39 is 5.97 Å². The first-order valence-corrected chi connectivity index (χ1v) is 14.4. The summed E-state index contributed by atoms with van der Waals surface area (Å²) in [5.41, 5.74) is 2.92. The Balaban J connectivity index is 1.43. The number of unbranched alkanes of at least 4 members (excludes halogenated alkanes) is 6. The molecule has 0 radical (unpaired) electrons. The maximum Gasteiger partial charge on any atom is 0.343 e. The van der Waals surface area contributed by atoms with Gasteiger partial charge < -0.3 is 14.2 Å². The molecule has 3 aromatic carbocycles. The zero-order chi connectivity index (χ0) is 28.6. The van der Waals surface area contributed by atoms with Crippen molar-refractivity contribution in [1.29, 1.82) is 0 Å². The van der Waals surface area contributed by atoms with E-state index in [1.54, 1.807) is 36.4 Å². The van der Waals surface area contributed by atoms with Gasteiger partial charge in [0.2, 0.25) is 0 Å². The molecule has 0 fully saturated rings. The summed E-state index contributed by atoms with van der Waals surface area (Å²) in [6.07, 6.45) is 11.4. The predicted molar refractivity (Wildman–Crippen MR) is 161 cm³/mol. The average Bonchev–Trinajstić information content (AvgIpc) is 2.99. The van der Waals surface area contributed by atoms with Gasteiger partial charge in [0, 0.05) is 0 Å². The molecule has 0 N–H and O–H groups in total. The van der Waals surface area contributed by atoms with Crippen LogP contribution in [-0.2, 0) is 4.74 Å². The molecular formula is C35H42O5. The Morgan fingerprint density at radius 3 is 1.88 bits per heavy atom. The molecule has 5 heteroatoms. The van der Waals surface area contributed by atoms with E-state index >= 15 is 0 Å². The molecule has 0 aromatic heterocycles. The molecular weight excluding hydrogens is 500 g/mol. The minimum Gasteiger partial charge on any atom is -0.494 e. The van der Waals surface area contributed by atoms with Crippen LogP contribution >= 0.6 is 0 Å². The van der Waals surface area contributed by atoms with Gasteiger partial charge in [0.25, 0.3) is 0 Å². The molecule has 3 aromatic rings. The Hall–Kier alpha value is -3.86. The Morgan fingerprint density at radius 2 is 1.25 bits per heavy atom. The molecule has 0 aliphatic heterocycles. The van der Waals surface area contributed by atoms with Gasteiger partial charge >= 0.3 is 11.9 Å². The smallest absolute Gasteiger partial charge is 0.343 e. The van der Waals surface area contributed by atoms with Gasteiger partial charge in [-0.15, -0.1) is 6.58 Å². The lowest BCUT2D eigenvalue weighted by Gasteiger charge is -2.10. The number of rotatable bonds is 17. The highest BCUT2D eigenvalue weighted by atomic mass is 16.5. The minimum absolute atomic E-state index is 0.316. The molecule has 0 aliphatic rings. The van der Waals surface area contributed by atoms with E-state index in [1.165, 1.54) is 32.1 Å². The molecule has 40 heavy (non-hydrogen) atoms. The van der Waals surface area contributed by atoms with Crippen LogP contribution in [0.5, 0.6) is 11.5 Å². The Bertz CT molecular complexity index is 1180. The van der Waals surface area contributed by atoms with Crippen LogP contribution in [-0.4, -0.2) is 25.2 Å². The zero-order valence-electron chi connectivity index (χ0n) is 23.9. The van der Waals surface area contributed by atoms with Crippen LogP contribution in [0.1, 0.15) is 85.9 Å². The highest BCUT2D eigenvalue weighted by molar-refractivity contribution is 5.92. The fourth-order valence-electron chi connectivity index (χ4n) is 4.07. The fourth-order valence-corrected chi connectivity index (χ4v) is 4.07. The minimum atomic E-state index is -0.459. The lowest BCUT2D eigenvalue weighted by Crippen LogP contribution is -2.12. The number of carbonyl (C=O) groups is 2. The first kappa shape index (κ1) is 30.7. The van der Waals surface area contributed by atoms with Crippen molar-refractivity contribution in [2.24, 2.45) is 5.92 Å². The molecule has 0 bridgehead atoms. The third-order valence-corrected chi connectivity index (χ3v) is 6.88. The summed E-state index contributed by atoms with van der Waals surface area (Å²) in [5, 5.41) is 0. The molecule has 0 heterocycles. The molecule has 3 rings (SSSR count). The molecule has 5 nitrogen and oxygen atoms in total. The number of benzene rings is 3. The van der Waals surface area contributed by atoms with Crippen molar-refractivity contribution >= 4 is 11.9 Å². The summed E-state index contributed by atoms with van der Waals surface area (Å²) in [4.78, 5) is 24.8. The lowest BCUT2D eigenvalue weighted by atomic mass is 10.0. The molecule has 0 unspecified atom stereocenters. The molecule has 0 saturated heterocycles. The topological polar surface area (TPSA) is 61.8 Å². The van der Waals surface area contributed by atoms with Crippen molar-refractivity contribution < 1.29 is 23.8 Å². The molecule has 1 atom stereocenters. The lowest BCUT2D eigenvalue weighted by molar-refractivity contribution is 0.0447. The standard InChI is InChI=1S/C35H42O5/c1-4-6-7-8-9-10-11-12-25-38-32-21-17-29(18-22-32)28-13-15-31(16-14-28)35(37)40-33-23-19-30(20-24-33)34(36)39-26-27(3)5-2/h4,13-24,27H,1,5-12,25-26H2,2-3H3/t27-/m1/s1. The summed E-state index contributed by atoms with van der Waals surface area (Å²) in [5.74, 6) is 0.710. The average molecular weight is 543 g/mol. The Morgan fingerprint density at radius 1 is 0.725 bits per heavy atom. The van der Waals surface area contributed by atoms with Gasteiger partial charge in [-0.3, -0.25) is 0 Å². The normalized spacial score (nSPS) is 11.4. The number of hydrogen-bond donors (Lipinski definition) is 0. The largest absolute Gasteiger partial charge is 0.494 e. The van der Waals surface area contributed by atoms with Gasteiger partial charge in [0.1, 0.15) is 11.5 Å². The van der Waals surface area contributed by atoms with E-state index in [2.05, 4.69) is 13.5 Å². The van der Waals surface area contributed by atoms with Crippen LogP contribution < -0.4 is 9.47 Å². The number of allylic oxidation sites excluding steroid dienone is 1. The molecule has 0 aliphatic carbocycles. The van der Waals surface area contributed by atoms with E-state index in [0.29, 0.717) is 29.4 Å². The van der Waals surface area contributed by atoms with Crippen LogP contribution in [0.4, 0.5) is 0 Å². The highest BCUT2D eigenvalue weighted by Gasteiger charge is 2.12. The van der Waals surface area contributed by atoms with Crippen LogP contribution in [0.15, 0.2) is 85.5 Å². The second-order valence-electron chi connectivity index (χ2n) is 10.2. The highest BCUT2D eigenvalue weighted by Crippen LogP contribution is 2.24. The number of hydrogen-bond acceptors (Lipinski definition) is 5. The summed E-state index contributed by atoms with van der Waals surface area (Å²) >= 11 is 0. The Labute approximate surface area is 239 Å². The van der Waals surface area contributed by atoms with Crippen molar-refractivity contribution in [3.8, 4) is 22.6 Å². The summed E-state index contributed by atoms with van der Waals surface area (Å²) < 4.78 is 16.7. The second kappa shape index (κ2) is 17.0. The van der Waals surface area contributed by atoms with Crippen molar-refractivity contribution in [2.45, 2.75) is 65.2 Å². The molecule has 0 amide bonds. The SMILES string of the molecule is C=CCCCCCCCCOc1ccc(-c2ccc(C(=O)Oc3ccc(C(=O)OC[C@H](C)CC)cc3)cc2)cc1. The van der Waals surface area contributed by atoms with Crippen molar-refractivity contribution in [3.63, 3.8) is 0 Å². The van der Waals surface area contributed by atoms with Crippen LogP contribution in [0.2, 0.25) is 0 Å². The number of ether oxygens (including phenoxy) is 3. The molecule has 0 spiro atoms. The van der Waals surface area contributed by atoms with Crippen molar-refractivity contribution in [1.82, 2.24) is 0 Å². The van der Waals surface area contributed by atoms with Crippen LogP contribution in [0.3, 0.4) is 0 Å². The van der Waals surface area contributed by atoms with Gasteiger partial charge in [0.15, 0.2) is 0 Å². The fraction of sp³-hybridized carbons (Fsp3) is 0.371. The molecule has 0 saturated carbocycles. The number of carbonyl (C=O) groups excluding carboxylic acids is 2. The first-order valence-electron chi connectivity index (χ1n) is 14.4. The summed E-state index contributed by atoms with van der Waals surface area (Å²) in [6.45, 7) is 8.97. The third kappa shape index (κ3) is 10.4. The molecule has 212 valence electrons. The van der Waals surface area contributed by atoms with Gasteiger partial charge in [0.05, 0.1) is 24.3 Å². The van der Waals surface area contributed by atoms with E-state index in [0.717, 1.165) is 42.7 Å². The predicted octanol–water partition coefficient (Wildman–Crippen LogP) is 9.07. The maximum atomic E-state index is 12.6. The van der Waals surface area contributed by atoms with Gasteiger partial charge in [-0.2, -0.15) is 0 Å². The third-order valence-electron chi connectivity index (χ3n) is 6.88. The summed E-state index contributed by atoms with van der Waals surface area (Å²) in [6, 6.07) is 21.7. The summed E-state index contributed by atoms with van der Waals surface area (Å²) in [7, 11) is 0.